The Kier molecular flexibility index (Phi) is 4.04. The van der Waals surface area contributed by atoms with Crippen LogP contribution in [-0.2, 0) is 6.54 Å². The van der Waals surface area contributed by atoms with Crippen LogP contribution < -0.4 is 10.2 Å². The fourth-order valence-electron chi connectivity index (χ4n) is 2.65. The Balaban J connectivity index is 1.67. The average molecular weight is 282 g/mol. The smallest absolute Gasteiger partial charge is 0.149 e. The molecule has 0 radical (unpaired) electrons. The van der Waals surface area contributed by atoms with Crippen molar-refractivity contribution < 1.29 is 0 Å². The SMILES string of the molecule is Cc1ccc(CNc2cncc(N3CCCC3)n2)cc1C. The molecule has 1 saturated heterocycles. The van der Waals surface area contributed by atoms with E-state index in [1.165, 1.54) is 29.5 Å². The number of aryl methyl sites for hydroxylation is 2. The van der Waals surface area contributed by atoms with Crippen molar-refractivity contribution in [2.45, 2.75) is 33.2 Å². The van der Waals surface area contributed by atoms with Crippen LogP contribution in [0.1, 0.15) is 29.5 Å². The summed E-state index contributed by atoms with van der Waals surface area (Å²) < 4.78 is 0. The van der Waals surface area contributed by atoms with Gasteiger partial charge in [0.05, 0.1) is 12.4 Å². The number of benzene rings is 1. The second kappa shape index (κ2) is 6.12. The summed E-state index contributed by atoms with van der Waals surface area (Å²) in [6.45, 7) is 7.24. The first-order valence-electron chi connectivity index (χ1n) is 7.59. The topological polar surface area (TPSA) is 41.1 Å². The summed E-state index contributed by atoms with van der Waals surface area (Å²) >= 11 is 0. The Labute approximate surface area is 126 Å². The van der Waals surface area contributed by atoms with E-state index in [-0.39, 0.29) is 0 Å². The van der Waals surface area contributed by atoms with Crippen molar-refractivity contribution in [3.05, 3.63) is 47.3 Å². The minimum atomic E-state index is 0.777. The van der Waals surface area contributed by atoms with Gasteiger partial charge in [-0.3, -0.25) is 4.98 Å². The van der Waals surface area contributed by atoms with Gasteiger partial charge in [-0.2, -0.15) is 0 Å². The predicted octanol–water partition coefficient (Wildman–Crippen LogP) is 3.31. The number of nitrogens with zero attached hydrogens (tertiary/aromatic N) is 3. The van der Waals surface area contributed by atoms with Gasteiger partial charge in [-0.1, -0.05) is 18.2 Å². The van der Waals surface area contributed by atoms with E-state index < -0.39 is 0 Å². The number of hydrogen-bond donors (Lipinski definition) is 1. The molecule has 0 bridgehead atoms. The predicted molar refractivity (Wildman–Crippen MR) is 86.7 cm³/mol. The lowest BCUT2D eigenvalue weighted by molar-refractivity contribution is 0.923. The van der Waals surface area contributed by atoms with E-state index in [1.54, 1.807) is 6.20 Å². The molecule has 0 aliphatic carbocycles. The Morgan fingerprint density at radius 1 is 1.10 bits per heavy atom. The lowest BCUT2D eigenvalue weighted by Gasteiger charge is -2.16. The summed E-state index contributed by atoms with van der Waals surface area (Å²) in [5.41, 5.74) is 3.92. The molecule has 1 fully saturated rings. The van der Waals surface area contributed by atoms with Gasteiger partial charge in [0.15, 0.2) is 0 Å². The first-order valence-corrected chi connectivity index (χ1v) is 7.59. The maximum absolute atomic E-state index is 4.66. The zero-order valence-electron chi connectivity index (χ0n) is 12.8. The highest BCUT2D eigenvalue weighted by Gasteiger charge is 2.14. The van der Waals surface area contributed by atoms with Crippen LogP contribution in [0.2, 0.25) is 0 Å². The number of hydrogen-bond acceptors (Lipinski definition) is 4. The fourth-order valence-corrected chi connectivity index (χ4v) is 2.65. The van der Waals surface area contributed by atoms with Crippen LogP contribution in [0, 0.1) is 13.8 Å². The van der Waals surface area contributed by atoms with Gasteiger partial charge < -0.3 is 10.2 Å². The minimum absolute atomic E-state index is 0.777. The van der Waals surface area contributed by atoms with Crippen LogP contribution in [0.15, 0.2) is 30.6 Å². The van der Waals surface area contributed by atoms with Crippen molar-refractivity contribution in [1.29, 1.82) is 0 Å². The van der Waals surface area contributed by atoms with E-state index in [1.807, 2.05) is 6.20 Å². The van der Waals surface area contributed by atoms with Gasteiger partial charge >= 0.3 is 0 Å². The van der Waals surface area contributed by atoms with E-state index in [4.69, 9.17) is 0 Å². The fraction of sp³-hybridized carbons (Fsp3) is 0.412. The summed E-state index contributed by atoms with van der Waals surface area (Å²) in [4.78, 5) is 11.3. The van der Waals surface area contributed by atoms with Crippen LogP contribution >= 0.6 is 0 Å². The van der Waals surface area contributed by atoms with Gasteiger partial charge in [0.1, 0.15) is 11.6 Å². The Bertz CT molecular complexity index is 618. The Hall–Kier alpha value is -2.10. The lowest BCUT2D eigenvalue weighted by Crippen LogP contribution is -2.19. The molecule has 4 heteroatoms. The molecule has 1 N–H and O–H groups in total. The molecule has 2 heterocycles. The molecule has 0 atom stereocenters. The number of aromatic nitrogens is 2. The first-order chi connectivity index (χ1) is 10.2. The normalized spacial score (nSPS) is 14.5. The molecule has 1 aromatic carbocycles. The zero-order valence-corrected chi connectivity index (χ0v) is 12.8. The molecule has 21 heavy (non-hydrogen) atoms. The molecule has 1 aliphatic rings. The maximum Gasteiger partial charge on any atom is 0.149 e. The van der Waals surface area contributed by atoms with Crippen molar-refractivity contribution in [3.63, 3.8) is 0 Å². The van der Waals surface area contributed by atoms with Crippen molar-refractivity contribution in [1.82, 2.24) is 9.97 Å². The standard InChI is InChI=1S/C17H22N4/c1-13-5-6-15(9-14(13)2)10-19-16-11-18-12-17(20-16)21-7-3-4-8-21/h5-6,9,11-12H,3-4,7-8,10H2,1-2H3,(H,19,20). The summed E-state index contributed by atoms with van der Waals surface area (Å²) in [6, 6.07) is 6.55. The third kappa shape index (κ3) is 3.32. The molecule has 3 rings (SSSR count). The Morgan fingerprint density at radius 2 is 1.90 bits per heavy atom. The summed E-state index contributed by atoms with van der Waals surface area (Å²) in [6.07, 6.45) is 6.15. The van der Waals surface area contributed by atoms with Crippen molar-refractivity contribution in [2.24, 2.45) is 0 Å². The van der Waals surface area contributed by atoms with Crippen LogP contribution in [0.25, 0.3) is 0 Å². The molecule has 0 spiro atoms. The van der Waals surface area contributed by atoms with Gasteiger partial charge in [-0.05, 0) is 43.4 Å². The summed E-state index contributed by atoms with van der Waals surface area (Å²) in [7, 11) is 0. The third-order valence-electron chi connectivity index (χ3n) is 4.10. The lowest BCUT2D eigenvalue weighted by atomic mass is 10.1. The average Bonchev–Trinajstić information content (AvgIpc) is 3.03. The molecular formula is C17H22N4. The van der Waals surface area contributed by atoms with Crippen molar-refractivity contribution in [2.75, 3.05) is 23.3 Å². The monoisotopic (exact) mass is 282 g/mol. The molecule has 0 unspecified atom stereocenters. The van der Waals surface area contributed by atoms with E-state index in [0.29, 0.717) is 0 Å². The van der Waals surface area contributed by atoms with Crippen LogP contribution in [-0.4, -0.2) is 23.1 Å². The van der Waals surface area contributed by atoms with Gasteiger partial charge in [-0.25, -0.2) is 4.98 Å². The second-order valence-corrected chi connectivity index (χ2v) is 5.73. The van der Waals surface area contributed by atoms with Gasteiger partial charge in [0.2, 0.25) is 0 Å². The zero-order chi connectivity index (χ0) is 14.7. The van der Waals surface area contributed by atoms with Crippen molar-refractivity contribution >= 4 is 11.6 Å². The molecule has 0 saturated carbocycles. The van der Waals surface area contributed by atoms with Gasteiger partial charge in [0.25, 0.3) is 0 Å². The number of nitrogens with one attached hydrogen (secondary N) is 1. The molecule has 1 aliphatic heterocycles. The van der Waals surface area contributed by atoms with Gasteiger partial charge in [0, 0.05) is 19.6 Å². The molecular weight excluding hydrogens is 260 g/mol. The molecule has 110 valence electrons. The van der Waals surface area contributed by atoms with Crippen LogP contribution in [0.4, 0.5) is 11.6 Å². The Morgan fingerprint density at radius 3 is 2.67 bits per heavy atom. The number of rotatable bonds is 4. The highest BCUT2D eigenvalue weighted by Crippen LogP contribution is 2.18. The molecule has 1 aromatic heterocycles. The van der Waals surface area contributed by atoms with E-state index in [0.717, 1.165) is 31.3 Å². The molecule has 2 aromatic rings. The summed E-state index contributed by atoms with van der Waals surface area (Å²) in [5.74, 6) is 1.83. The van der Waals surface area contributed by atoms with Crippen LogP contribution in [0.3, 0.4) is 0 Å². The summed E-state index contributed by atoms with van der Waals surface area (Å²) in [5, 5.41) is 3.37. The van der Waals surface area contributed by atoms with E-state index in [2.05, 4.69) is 52.2 Å². The largest absolute Gasteiger partial charge is 0.365 e. The number of anilines is 2. The van der Waals surface area contributed by atoms with Gasteiger partial charge in [-0.15, -0.1) is 0 Å². The van der Waals surface area contributed by atoms with E-state index in [9.17, 15) is 0 Å². The highest BCUT2D eigenvalue weighted by atomic mass is 15.2. The van der Waals surface area contributed by atoms with Crippen LogP contribution in [0.5, 0.6) is 0 Å². The third-order valence-corrected chi connectivity index (χ3v) is 4.10. The second-order valence-electron chi connectivity index (χ2n) is 5.73. The van der Waals surface area contributed by atoms with Crippen molar-refractivity contribution in [3.8, 4) is 0 Å². The molecule has 0 amide bonds. The highest BCUT2D eigenvalue weighted by molar-refractivity contribution is 5.45. The van der Waals surface area contributed by atoms with E-state index >= 15 is 0 Å². The minimum Gasteiger partial charge on any atom is -0.365 e. The first kappa shape index (κ1) is 13.9. The maximum atomic E-state index is 4.66. The molecule has 4 nitrogen and oxygen atoms in total. The quantitative estimate of drug-likeness (QED) is 0.934.